The van der Waals surface area contributed by atoms with Gasteiger partial charge in [-0.1, -0.05) is 40.2 Å². The number of carbonyl (C=O) groups excluding carboxylic acids is 1. The Morgan fingerprint density at radius 1 is 1.15 bits per heavy atom. The summed E-state index contributed by atoms with van der Waals surface area (Å²) < 4.78 is 0. The van der Waals surface area contributed by atoms with Crippen LogP contribution in [0, 0.1) is 0 Å². The third kappa shape index (κ3) is 4.12. The first-order valence-corrected chi connectivity index (χ1v) is 8.63. The molecule has 2 rings (SSSR count). The van der Waals surface area contributed by atoms with Crippen LogP contribution in [0.1, 0.15) is 21.5 Å². The van der Waals surface area contributed by atoms with Crippen molar-refractivity contribution in [1.82, 2.24) is 5.32 Å². The van der Waals surface area contributed by atoms with Crippen molar-refractivity contribution in [2.45, 2.75) is 16.8 Å². The van der Waals surface area contributed by atoms with Gasteiger partial charge < -0.3 is 5.32 Å². The number of halogens is 1. The van der Waals surface area contributed by atoms with E-state index >= 15 is 0 Å². The predicted molar refractivity (Wildman–Crippen MR) is 88.5 cm³/mol. The second kappa shape index (κ2) is 7.50. The van der Waals surface area contributed by atoms with Crippen molar-refractivity contribution in [2.24, 2.45) is 0 Å². The molecule has 0 atom stereocenters. The Morgan fingerprint density at radius 2 is 1.85 bits per heavy atom. The van der Waals surface area contributed by atoms with Gasteiger partial charge in [0.15, 0.2) is 0 Å². The first kappa shape index (κ1) is 15.1. The second-order valence-corrected chi connectivity index (χ2v) is 5.81. The highest BCUT2D eigenvalue weighted by Crippen LogP contribution is 2.15. The van der Waals surface area contributed by atoms with E-state index in [1.54, 1.807) is 11.8 Å². The minimum Gasteiger partial charge on any atom is -0.348 e. The van der Waals surface area contributed by atoms with Crippen LogP contribution in [0.3, 0.4) is 0 Å². The second-order valence-electron chi connectivity index (χ2n) is 4.36. The van der Waals surface area contributed by atoms with Gasteiger partial charge in [-0.3, -0.25) is 4.79 Å². The molecule has 0 bridgehead atoms. The molecule has 0 saturated heterocycles. The van der Waals surface area contributed by atoms with E-state index in [1.165, 1.54) is 5.56 Å². The maximum atomic E-state index is 12.0. The number of hydrogen-bond acceptors (Lipinski definition) is 2. The first-order chi connectivity index (χ1) is 9.72. The highest BCUT2D eigenvalue weighted by atomic mass is 79.9. The van der Waals surface area contributed by atoms with Crippen LogP contribution in [0.5, 0.6) is 0 Å². The van der Waals surface area contributed by atoms with Crippen molar-refractivity contribution >= 4 is 33.6 Å². The van der Waals surface area contributed by atoms with Crippen LogP contribution in [0.2, 0.25) is 0 Å². The molecule has 0 saturated carbocycles. The van der Waals surface area contributed by atoms with Gasteiger partial charge in [0.1, 0.15) is 0 Å². The number of amides is 1. The third-order valence-corrected chi connectivity index (χ3v) is 4.34. The average molecular weight is 350 g/mol. The van der Waals surface area contributed by atoms with Crippen molar-refractivity contribution in [1.29, 1.82) is 0 Å². The van der Waals surface area contributed by atoms with Crippen LogP contribution in [0.4, 0.5) is 0 Å². The molecule has 0 aromatic heterocycles. The zero-order valence-electron chi connectivity index (χ0n) is 11.2. The van der Waals surface area contributed by atoms with Gasteiger partial charge in [0, 0.05) is 22.3 Å². The Morgan fingerprint density at radius 3 is 2.50 bits per heavy atom. The highest BCUT2D eigenvalue weighted by Gasteiger charge is 2.05. The molecule has 2 aromatic rings. The maximum absolute atomic E-state index is 12.0. The van der Waals surface area contributed by atoms with Gasteiger partial charge >= 0.3 is 0 Å². The minimum absolute atomic E-state index is 0.0399. The molecular formula is C16H16BrNOS. The van der Waals surface area contributed by atoms with Gasteiger partial charge in [-0.05, 0) is 41.6 Å². The van der Waals surface area contributed by atoms with Crippen LogP contribution >= 0.6 is 27.7 Å². The normalized spacial score (nSPS) is 10.3. The molecule has 0 fully saturated rings. The molecule has 0 heterocycles. The van der Waals surface area contributed by atoms with Crippen molar-refractivity contribution in [3.05, 3.63) is 65.2 Å². The summed E-state index contributed by atoms with van der Waals surface area (Å²) in [6.07, 6.45) is 2.02. The van der Waals surface area contributed by atoms with Crippen molar-refractivity contribution in [3.8, 4) is 0 Å². The molecule has 0 aliphatic heterocycles. The first-order valence-electron chi connectivity index (χ1n) is 6.29. The number of rotatable bonds is 5. The molecule has 0 spiro atoms. The van der Waals surface area contributed by atoms with E-state index in [1.807, 2.05) is 42.7 Å². The summed E-state index contributed by atoms with van der Waals surface area (Å²) in [5, 5.41) is 3.77. The summed E-state index contributed by atoms with van der Waals surface area (Å²) >= 11 is 5.10. The van der Waals surface area contributed by atoms with Gasteiger partial charge in [0.2, 0.25) is 0 Å². The smallest absolute Gasteiger partial charge is 0.251 e. The lowest BCUT2D eigenvalue weighted by atomic mass is 10.1. The van der Waals surface area contributed by atoms with Gasteiger partial charge in [0.25, 0.3) is 5.91 Å². The SMILES string of the molecule is CSc1ccc(C(=O)NCc2cccc(CBr)c2)cc1. The van der Waals surface area contributed by atoms with Crippen molar-refractivity contribution in [2.75, 3.05) is 6.26 Å². The molecule has 104 valence electrons. The largest absolute Gasteiger partial charge is 0.348 e. The quantitative estimate of drug-likeness (QED) is 0.646. The standard InChI is InChI=1S/C16H16BrNOS/c1-20-15-7-5-14(6-8-15)16(19)18-11-13-4-2-3-12(9-13)10-17/h2-9H,10-11H2,1H3,(H,18,19). The molecule has 2 nitrogen and oxygen atoms in total. The summed E-state index contributed by atoms with van der Waals surface area (Å²) in [6, 6.07) is 15.8. The van der Waals surface area contributed by atoms with E-state index < -0.39 is 0 Å². The number of nitrogens with one attached hydrogen (secondary N) is 1. The Labute approximate surface area is 132 Å². The van der Waals surface area contributed by atoms with E-state index in [2.05, 4.69) is 33.4 Å². The zero-order valence-corrected chi connectivity index (χ0v) is 13.6. The Kier molecular flexibility index (Phi) is 5.68. The van der Waals surface area contributed by atoms with Gasteiger partial charge in [0.05, 0.1) is 0 Å². The summed E-state index contributed by atoms with van der Waals surface area (Å²) in [5.41, 5.74) is 3.01. The molecule has 0 radical (unpaired) electrons. The van der Waals surface area contributed by atoms with E-state index in [4.69, 9.17) is 0 Å². The molecule has 0 unspecified atom stereocenters. The molecule has 2 aromatic carbocycles. The molecule has 0 aliphatic carbocycles. The van der Waals surface area contributed by atoms with Crippen LogP contribution in [-0.4, -0.2) is 12.2 Å². The minimum atomic E-state index is -0.0399. The van der Waals surface area contributed by atoms with E-state index in [0.717, 1.165) is 15.8 Å². The number of benzene rings is 2. The predicted octanol–water partition coefficient (Wildman–Crippen LogP) is 4.23. The number of hydrogen-bond donors (Lipinski definition) is 1. The van der Waals surface area contributed by atoms with Crippen LogP contribution in [-0.2, 0) is 11.9 Å². The summed E-state index contributed by atoms with van der Waals surface area (Å²) in [5.74, 6) is -0.0399. The molecule has 20 heavy (non-hydrogen) atoms. The number of alkyl halides is 1. The van der Waals surface area contributed by atoms with Gasteiger partial charge in [-0.25, -0.2) is 0 Å². The Hall–Kier alpha value is -1.26. The van der Waals surface area contributed by atoms with Crippen LogP contribution in [0.25, 0.3) is 0 Å². The summed E-state index contributed by atoms with van der Waals surface area (Å²) in [4.78, 5) is 13.2. The van der Waals surface area contributed by atoms with E-state index in [9.17, 15) is 4.79 Å². The topological polar surface area (TPSA) is 29.1 Å². The molecular weight excluding hydrogens is 334 g/mol. The lowest BCUT2D eigenvalue weighted by molar-refractivity contribution is 0.0951. The Balaban J connectivity index is 1.97. The van der Waals surface area contributed by atoms with Crippen LogP contribution < -0.4 is 5.32 Å². The third-order valence-electron chi connectivity index (χ3n) is 2.95. The monoisotopic (exact) mass is 349 g/mol. The fraction of sp³-hybridized carbons (Fsp3) is 0.188. The molecule has 1 N–H and O–H groups in total. The number of carbonyl (C=O) groups is 1. The maximum Gasteiger partial charge on any atom is 0.251 e. The summed E-state index contributed by atoms with van der Waals surface area (Å²) in [6.45, 7) is 0.546. The lowest BCUT2D eigenvalue weighted by Crippen LogP contribution is -2.22. The highest BCUT2D eigenvalue weighted by molar-refractivity contribution is 9.08. The fourth-order valence-corrected chi connectivity index (χ4v) is 2.61. The molecule has 1 amide bonds. The van der Waals surface area contributed by atoms with Crippen molar-refractivity contribution in [3.63, 3.8) is 0 Å². The fourth-order valence-electron chi connectivity index (χ4n) is 1.85. The summed E-state index contributed by atoms with van der Waals surface area (Å²) in [7, 11) is 0. The molecule has 4 heteroatoms. The lowest BCUT2D eigenvalue weighted by Gasteiger charge is -2.07. The van der Waals surface area contributed by atoms with Gasteiger partial charge in [-0.2, -0.15) is 0 Å². The Bertz CT molecular complexity index is 583. The van der Waals surface area contributed by atoms with Crippen LogP contribution in [0.15, 0.2) is 53.4 Å². The zero-order chi connectivity index (χ0) is 14.4. The molecule has 0 aliphatic rings. The van der Waals surface area contributed by atoms with E-state index in [-0.39, 0.29) is 5.91 Å². The number of thioether (sulfide) groups is 1. The van der Waals surface area contributed by atoms with Gasteiger partial charge in [-0.15, -0.1) is 11.8 Å². The average Bonchev–Trinajstić information content (AvgIpc) is 2.53. The van der Waals surface area contributed by atoms with Crippen molar-refractivity contribution < 1.29 is 4.79 Å². The van der Waals surface area contributed by atoms with E-state index in [0.29, 0.717) is 12.1 Å².